The molecule has 0 bridgehead atoms. The lowest BCUT2D eigenvalue weighted by Gasteiger charge is -2.15. The molecular formula is C9H15NO6. The number of hydroxylamine groups is 2. The summed E-state index contributed by atoms with van der Waals surface area (Å²) in [5, 5.41) is 0.625. The number of carbonyl (C=O) groups excluding carboxylic acids is 2. The summed E-state index contributed by atoms with van der Waals surface area (Å²) in [6, 6.07) is 0. The highest BCUT2D eigenvalue weighted by atomic mass is 17.3. The van der Waals surface area contributed by atoms with Crippen LogP contribution in [0.3, 0.4) is 0 Å². The Kier molecular flexibility index (Phi) is 5.33. The van der Waals surface area contributed by atoms with Crippen molar-refractivity contribution in [2.75, 3.05) is 27.4 Å². The number of hydrogen-bond donors (Lipinski definition) is 0. The second-order valence-corrected chi connectivity index (χ2v) is 3.25. The molecule has 1 saturated heterocycles. The lowest BCUT2D eigenvalue weighted by atomic mass is 10.4. The third-order valence-electron chi connectivity index (χ3n) is 2.07. The zero-order valence-electron chi connectivity index (χ0n) is 9.30. The van der Waals surface area contributed by atoms with Crippen molar-refractivity contribution in [3.05, 3.63) is 0 Å². The molecule has 0 radical (unpaired) electrons. The molecular weight excluding hydrogens is 218 g/mol. The highest BCUT2D eigenvalue weighted by Crippen LogP contribution is 2.12. The molecule has 0 saturated carbocycles. The molecule has 0 aromatic heterocycles. The van der Waals surface area contributed by atoms with Crippen LogP contribution in [0.5, 0.6) is 0 Å². The Labute approximate surface area is 93.1 Å². The summed E-state index contributed by atoms with van der Waals surface area (Å²) in [6.45, 7) is 0.406. The Hall–Kier alpha value is -1.02. The average molecular weight is 233 g/mol. The van der Waals surface area contributed by atoms with Crippen molar-refractivity contribution in [1.29, 1.82) is 0 Å². The molecule has 0 unspecified atom stereocenters. The van der Waals surface area contributed by atoms with Gasteiger partial charge in [-0.2, -0.15) is 0 Å². The summed E-state index contributed by atoms with van der Waals surface area (Å²) >= 11 is 0. The van der Waals surface area contributed by atoms with E-state index >= 15 is 0 Å². The number of nitrogens with zero attached hydrogens (tertiary/aromatic N) is 1. The molecule has 2 amide bonds. The first-order chi connectivity index (χ1) is 7.69. The van der Waals surface area contributed by atoms with Gasteiger partial charge < -0.3 is 9.47 Å². The van der Waals surface area contributed by atoms with Crippen LogP contribution in [-0.2, 0) is 28.9 Å². The van der Waals surface area contributed by atoms with E-state index in [2.05, 4.69) is 4.99 Å². The maximum Gasteiger partial charge on any atom is 0.256 e. The number of rotatable bonds is 7. The summed E-state index contributed by atoms with van der Waals surface area (Å²) in [4.78, 5) is 31.5. The van der Waals surface area contributed by atoms with Crippen LogP contribution in [0.25, 0.3) is 0 Å². The summed E-state index contributed by atoms with van der Waals surface area (Å²) in [5.41, 5.74) is 0. The molecule has 1 atom stereocenters. The molecule has 0 N–H and O–H groups in total. The molecule has 0 spiro atoms. The number of amides is 2. The minimum absolute atomic E-state index is 0.0708. The van der Waals surface area contributed by atoms with Gasteiger partial charge in [0, 0.05) is 27.1 Å². The Morgan fingerprint density at radius 3 is 2.31 bits per heavy atom. The van der Waals surface area contributed by atoms with E-state index in [4.69, 9.17) is 14.4 Å². The van der Waals surface area contributed by atoms with Crippen LogP contribution in [0, 0.1) is 0 Å². The van der Waals surface area contributed by atoms with E-state index in [-0.39, 0.29) is 25.6 Å². The van der Waals surface area contributed by atoms with Gasteiger partial charge in [-0.05, 0) is 0 Å². The van der Waals surface area contributed by atoms with E-state index in [0.29, 0.717) is 11.7 Å². The normalized spacial score (nSPS) is 18.2. The molecule has 1 fully saturated rings. The topological polar surface area (TPSA) is 74.3 Å². The first-order valence-corrected chi connectivity index (χ1v) is 4.86. The summed E-state index contributed by atoms with van der Waals surface area (Å²) in [6.07, 6.45) is 0.0138. The van der Waals surface area contributed by atoms with Gasteiger partial charge in [-0.1, -0.05) is 0 Å². The van der Waals surface area contributed by atoms with Crippen molar-refractivity contribution in [2.24, 2.45) is 0 Å². The quantitative estimate of drug-likeness (QED) is 0.340. The third-order valence-corrected chi connectivity index (χ3v) is 2.07. The van der Waals surface area contributed by atoms with Crippen molar-refractivity contribution < 1.29 is 28.9 Å². The van der Waals surface area contributed by atoms with Crippen molar-refractivity contribution in [3.63, 3.8) is 0 Å². The summed E-state index contributed by atoms with van der Waals surface area (Å²) < 4.78 is 9.84. The molecule has 0 aromatic rings. The molecule has 16 heavy (non-hydrogen) atoms. The molecule has 1 aliphatic rings. The zero-order valence-corrected chi connectivity index (χ0v) is 9.30. The first kappa shape index (κ1) is 13.0. The highest BCUT2D eigenvalue weighted by Gasteiger charge is 2.31. The minimum atomic E-state index is -0.397. The molecule has 1 aliphatic heterocycles. The van der Waals surface area contributed by atoms with E-state index in [1.165, 1.54) is 14.2 Å². The molecule has 7 nitrogen and oxygen atoms in total. The Morgan fingerprint density at radius 1 is 1.19 bits per heavy atom. The van der Waals surface area contributed by atoms with E-state index in [1.807, 2.05) is 0 Å². The largest absolute Gasteiger partial charge is 0.382 e. The standard InChI is InChI=1S/C9H15NO6/c1-13-5-7(14-2)6-15-16-10-8(11)3-4-9(10)12/h7H,3-6H2,1-2H3/t7-/m1/s1. The van der Waals surface area contributed by atoms with Crippen LogP contribution in [-0.4, -0.2) is 50.4 Å². The van der Waals surface area contributed by atoms with Crippen LogP contribution >= 0.6 is 0 Å². The molecule has 7 heteroatoms. The predicted octanol–water partition coefficient (Wildman–Crippen LogP) is -0.340. The maximum absolute atomic E-state index is 11.1. The zero-order chi connectivity index (χ0) is 12.0. The Morgan fingerprint density at radius 2 is 1.81 bits per heavy atom. The van der Waals surface area contributed by atoms with Crippen molar-refractivity contribution in [1.82, 2.24) is 5.06 Å². The molecule has 0 aromatic carbocycles. The van der Waals surface area contributed by atoms with Crippen LogP contribution in [0.2, 0.25) is 0 Å². The maximum atomic E-state index is 11.1. The Bertz CT molecular complexity index is 240. The fourth-order valence-corrected chi connectivity index (χ4v) is 1.17. The smallest absolute Gasteiger partial charge is 0.256 e. The van der Waals surface area contributed by atoms with Gasteiger partial charge in [0.25, 0.3) is 11.8 Å². The van der Waals surface area contributed by atoms with Gasteiger partial charge in [0.15, 0.2) is 0 Å². The second-order valence-electron chi connectivity index (χ2n) is 3.25. The van der Waals surface area contributed by atoms with Crippen molar-refractivity contribution >= 4 is 11.8 Å². The number of imide groups is 1. The number of carbonyl (C=O) groups is 2. The van der Waals surface area contributed by atoms with Gasteiger partial charge in [0.1, 0.15) is 12.7 Å². The van der Waals surface area contributed by atoms with Crippen molar-refractivity contribution in [3.8, 4) is 0 Å². The van der Waals surface area contributed by atoms with Gasteiger partial charge >= 0.3 is 0 Å². The predicted molar refractivity (Wildman–Crippen MR) is 50.8 cm³/mol. The van der Waals surface area contributed by atoms with Gasteiger partial charge in [-0.3, -0.25) is 9.59 Å². The lowest BCUT2D eigenvalue weighted by Crippen LogP contribution is -2.32. The van der Waals surface area contributed by atoms with E-state index in [0.717, 1.165) is 0 Å². The second kappa shape index (κ2) is 6.54. The highest BCUT2D eigenvalue weighted by molar-refractivity contribution is 6.00. The number of ether oxygens (including phenoxy) is 2. The van der Waals surface area contributed by atoms with Gasteiger partial charge in [0.05, 0.1) is 6.61 Å². The van der Waals surface area contributed by atoms with E-state index in [1.54, 1.807) is 0 Å². The van der Waals surface area contributed by atoms with Crippen LogP contribution < -0.4 is 0 Å². The van der Waals surface area contributed by atoms with Gasteiger partial charge in [0.2, 0.25) is 0 Å². The summed E-state index contributed by atoms with van der Waals surface area (Å²) in [7, 11) is 3.03. The monoisotopic (exact) mass is 233 g/mol. The van der Waals surface area contributed by atoms with E-state index in [9.17, 15) is 9.59 Å². The average Bonchev–Trinajstić information content (AvgIpc) is 2.59. The Balaban J connectivity index is 2.23. The molecule has 92 valence electrons. The van der Waals surface area contributed by atoms with Gasteiger partial charge in [-0.25, -0.2) is 4.89 Å². The third kappa shape index (κ3) is 3.53. The fourth-order valence-electron chi connectivity index (χ4n) is 1.17. The lowest BCUT2D eigenvalue weighted by molar-refractivity contribution is -0.400. The number of hydrogen-bond acceptors (Lipinski definition) is 6. The SMILES string of the molecule is COC[C@H](COON1C(=O)CCC1=O)OC. The summed E-state index contributed by atoms with van der Waals surface area (Å²) in [5.74, 6) is -0.795. The minimum Gasteiger partial charge on any atom is -0.382 e. The number of methoxy groups -OCH3 is 2. The van der Waals surface area contributed by atoms with E-state index < -0.39 is 11.8 Å². The van der Waals surface area contributed by atoms with Crippen LogP contribution in [0.4, 0.5) is 0 Å². The molecule has 1 rings (SSSR count). The van der Waals surface area contributed by atoms with Crippen LogP contribution in [0.1, 0.15) is 12.8 Å². The fraction of sp³-hybridized carbons (Fsp3) is 0.778. The first-order valence-electron chi connectivity index (χ1n) is 4.86. The molecule has 1 heterocycles. The van der Waals surface area contributed by atoms with Crippen molar-refractivity contribution in [2.45, 2.75) is 18.9 Å². The van der Waals surface area contributed by atoms with Gasteiger partial charge in [-0.15, -0.1) is 10.1 Å². The molecule has 0 aliphatic carbocycles. The van der Waals surface area contributed by atoms with Crippen LogP contribution in [0.15, 0.2) is 0 Å².